The van der Waals surface area contributed by atoms with Crippen LogP contribution in [-0.4, -0.2) is 36.3 Å². The fourth-order valence-electron chi connectivity index (χ4n) is 2.90. The van der Waals surface area contributed by atoms with Gasteiger partial charge in [0.15, 0.2) is 0 Å². The fraction of sp³-hybridized carbons (Fsp3) is 0.222. The lowest BCUT2D eigenvalue weighted by Crippen LogP contribution is -2.36. The number of ether oxygens (including phenoxy) is 1. The first kappa shape index (κ1) is 14.5. The van der Waals surface area contributed by atoms with E-state index in [4.69, 9.17) is 10.00 Å². The molecule has 0 bridgehead atoms. The molecule has 3 aromatic rings. The van der Waals surface area contributed by atoms with E-state index in [1.165, 1.54) is 5.69 Å². The predicted octanol–water partition coefficient (Wildman–Crippen LogP) is 3.01. The van der Waals surface area contributed by atoms with Crippen LogP contribution in [0.1, 0.15) is 5.69 Å². The summed E-state index contributed by atoms with van der Waals surface area (Å²) in [5.74, 6) is 0.743. The molecule has 1 aromatic carbocycles. The highest BCUT2D eigenvalue weighted by Gasteiger charge is 2.11. The Labute approximate surface area is 139 Å². The van der Waals surface area contributed by atoms with Crippen LogP contribution in [0.5, 0.6) is 0 Å². The van der Waals surface area contributed by atoms with Gasteiger partial charge in [0.25, 0.3) is 0 Å². The largest absolute Gasteiger partial charge is 0.378 e. The van der Waals surface area contributed by atoms with Crippen LogP contribution in [0.15, 0.2) is 42.6 Å². The number of rotatable bonds is 3. The van der Waals surface area contributed by atoms with Crippen molar-refractivity contribution in [2.45, 2.75) is 0 Å². The number of nitriles is 1. The Kier molecular flexibility index (Phi) is 3.77. The van der Waals surface area contributed by atoms with Crippen molar-refractivity contribution >= 4 is 28.1 Å². The quantitative estimate of drug-likeness (QED) is 0.776. The molecule has 6 nitrogen and oxygen atoms in total. The second-order valence-corrected chi connectivity index (χ2v) is 5.73. The van der Waals surface area contributed by atoms with Crippen LogP contribution in [0, 0.1) is 11.3 Å². The smallest absolute Gasteiger partial charge is 0.132 e. The van der Waals surface area contributed by atoms with Crippen molar-refractivity contribution in [2.24, 2.45) is 0 Å². The Balaban J connectivity index is 1.57. The van der Waals surface area contributed by atoms with Crippen molar-refractivity contribution in [3.05, 3.63) is 48.3 Å². The first-order valence-corrected chi connectivity index (χ1v) is 7.90. The molecule has 0 atom stereocenters. The molecule has 24 heavy (non-hydrogen) atoms. The van der Waals surface area contributed by atoms with Gasteiger partial charge in [0, 0.05) is 42.1 Å². The summed E-state index contributed by atoms with van der Waals surface area (Å²) in [7, 11) is 0. The molecule has 1 aliphatic heterocycles. The maximum absolute atomic E-state index is 8.97. The minimum absolute atomic E-state index is 0.540. The zero-order valence-corrected chi connectivity index (χ0v) is 13.1. The molecular weight excluding hydrogens is 302 g/mol. The van der Waals surface area contributed by atoms with Crippen molar-refractivity contribution in [2.75, 3.05) is 36.5 Å². The van der Waals surface area contributed by atoms with Crippen molar-refractivity contribution in [1.29, 1.82) is 5.26 Å². The maximum atomic E-state index is 8.97. The molecule has 0 saturated carbocycles. The van der Waals surface area contributed by atoms with Gasteiger partial charge >= 0.3 is 0 Å². The number of morpholine rings is 1. The Morgan fingerprint density at radius 3 is 2.92 bits per heavy atom. The third kappa shape index (κ3) is 2.90. The number of hydrogen-bond acceptors (Lipinski definition) is 5. The van der Waals surface area contributed by atoms with Gasteiger partial charge in [0.1, 0.15) is 17.6 Å². The second kappa shape index (κ2) is 6.22. The standard InChI is InChI=1S/C18H17N5O/c19-11-15-8-13-12-20-18(10-17(13)21-15)22-14-2-1-3-16(9-14)23-4-6-24-7-5-23/h1-3,8-10,12,21H,4-7H2,(H,20,22). The van der Waals surface area contributed by atoms with Gasteiger partial charge in [0.2, 0.25) is 0 Å². The molecule has 0 unspecified atom stereocenters. The average Bonchev–Trinajstić information content (AvgIpc) is 3.05. The monoisotopic (exact) mass is 319 g/mol. The summed E-state index contributed by atoms with van der Waals surface area (Å²) >= 11 is 0. The highest BCUT2D eigenvalue weighted by Crippen LogP contribution is 2.24. The summed E-state index contributed by atoms with van der Waals surface area (Å²) in [6.07, 6.45) is 1.76. The lowest BCUT2D eigenvalue weighted by Gasteiger charge is -2.29. The van der Waals surface area contributed by atoms with Crippen LogP contribution in [-0.2, 0) is 4.74 Å². The summed E-state index contributed by atoms with van der Waals surface area (Å²) in [5, 5.41) is 13.2. The van der Waals surface area contributed by atoms with E-state index >= 15 is 0 Å². The van der Waals surface area contributed by atoms with E-state index in [1.807, 2.05) is 18.2 Å². The van der Waals surface area contributed by atoms with Gasteiger partial charge in [-0.1, -0.05) is 6.07 Å². The SMILES string of the molecule is N#Cc1cc2cnc(Nc3cccc(N4CCOCC4)c3)cc2[nH]1. The molecule has 3 heterocycles. The minimum Gasteiger partial charge on any atom is -0.378 e. The number of hydrogen-bond donors (Lipinski definition) is 2. The lowest BCUT2D eigenvalue weighted by atomic mass is 10.2. The Bertz CT molecular complexity index is 905. The Morgan fingerprint density at radius 1 is 1.21 bits per heavy atom. The number of benzene rings is 1. The van der Waals surface area contributed by atoms with Crippen LogP contribution in [0.25, 0.3) is 10.9 Å². The van der Waals surface area contributed by atoms with E-state index in [0.29, 0.717) is 5.69 Å². The van der Waals surface area contributed by atoms with Gasteiger partial charge in [-0.2, -0.15) is 5.26 Å². The van der Waals surface area contributed by atoms with E-state index < -0.39 is 0 Å². The average molecular weight is 319 g/mol. The third-order valence-corrected chi connectivity index (χ3v) is 4.12. The molecule has 4 rings (SSSR count). The highest BCUT2D eigenvalue weighted by atomic mass is 16.5. The molecule has 0 aliphatic carbocycles. The van der Waals surface area contributed by atoms with E-state index in [0.717, 1.165) is 48.7 Å². The van der Waals surface area contributed by atoms with Crippen LogP contribution >= 0.6 is 0 Å². The molecule has 0 radical (unpaired) electrons. The number of H-pyrrole nitrogens is 1. The van der Waals surface area contributed by atoms with Crippen LogP contribution in [0.2, 0.25) is 0 Å². The van der Waals surface area contributed by atoms with Gasteiger partial charge in [-0.3, -0.25) is 0 Å². The fourth-order valence-corrected chi connectivity index (χ4v) is 2.90. The minimum atomic E-state index is 0.540. The van der Waals surface area contributed by atoms with Gasteiger partial charge in [-0.25, -0.2) is 4.98 Å². The number of nitrogens with one attached hydrogen (secondary N) is 2. The number of anilines is 3. The molecule has 0 amide bonds. The first-order chi connectivity index (χ1) is 11.8. The Morgan fingerprint density at radius 2 is 2.08 bits per heavy atom. The highest BCUT2D eigenvalue weighted by molar-refractivity contribution is 5.83. The topological polar surface area (TPSA) is 77.0 Å². The van der Waals surface area contributed by atoms with E-state index in [-0.39, 0.29) is 0 Å². The molecule has 120 valence electrons. The zero-order chi connectivity index (χ0) is 16.4. The summed E-state index contributed by atoms with van der Waals surface area (Å²) in [5.41, 5.74) is 3.60. The molecule has 0 spiro atoms. The molecular formula is C18H17N5O. The molecule has 6 heteroatoms. The molecule has 1 aliphatic rings. The summed E-state index contributed by atoms with van der Waals surface area (Å²) in [6.45, 7) is 3.36. The molecule has 2 aromatic heterocycles. The predicted molar refractivity (Wildman–Crippen MR) is 93.6 cm³/mol. The van der Waals surface area contributed by atoms with Crippen LogP contribution in [0.4, 0.5) is 17.2 Å². The van der Waals surface area contributed by atoms with E-state index in [2.05, 4.69) is 38.4 Å². The Hall–Kier alpha value is -3.04. The number of pyridine rings is 1. The number of fused-ring (bicyclic) bond motifs is 1. The van der Waals surface area contributed by atoms with Gasteiger partial charge in [-0.05, 0) is 24.3 Å². The lowest BCUT2D eigenvalue weighted by molar-refractivity contribution is 0.122. The van der Waals surface area contributed by atoms with Crippen LogP contribution < -0.4 is 10.2 Å². The first-order valence-electron chi connectivity index (χ1n) is 7.90. The summed E-state index contributed by atoms with van der Waals surface area (Å²) in [6, 6.07) is 14.1. The normalized spacial score (nSPS) is 14.5. The van der Waals surface area contributed by atoms with Crippen LogP contribution in [0.3, 0.4) is 0 Å². The number of aromatic nitrogens is 2. The van der Waals surface area contributed by atoms with Gasteiger partial charge < -0.3 is 19.9 Å². The number of nitrogens with zero attached hydrogens (tertiary/aromatic N) is 3. The van der Waals surface area contributed by atoms with Gasteiger partial charge in [-0.15, -0.1) is 0 Å². The van der Waals surface area contributed by atoms with Crippen molar-refractivity contribution < 1.29 is 4.74 Å². The maximum Gasteiger partial charge on any atom is 0.132 e. The zero-order valence-electron chi connectivity index (χ0n) is 13.1. The summed E-state index contributed by atoms with van der Waals surface area (Å²) in [4.78, 5) is 9.80. The number of aromatic amines is 1. The van der Waals surface area contributed by atoms with Crippen molar-refractivity contribution in [3.63, 3.8) is 0 Å². The van der Waals surface area contributed by atoms with E-state index in [9.17, 15) is 0 Å². The van der Waals surface area contributed by atoms with Crippen molar-refractivity contribution in [3.8, 4) is 6.07 Å². The third-order valence-electron chi connectivity index (χ3n) is 4.12. The molecule has 1 saturated heterocycles. The second-order valence-electron chi connectivity index (χ2n) is 5.73. The van der Waals surface area contributed by atoms with Gasteiger partial charge in [0.05, 0.1) is 18.7 Å². The van der Waals surface area contributed by atoms with Crippen molar-refractivity contribution in [1.82, 2.24) is 9.97 Å². The summed E-state index contributed by atoms with van der Waals surface area (Å²) < 4.78 is 5.41. The van der Waals surface area contributed by atoms with E-state index in [1.54, 1.807) is 12.3 Å². The molecule has 1 fully saturated rings. The molecule has 2 N–H and O–H groups in total.